The SMILES string of the molecule is CC(c1cccc(C(F)(F)F)c1)N(C(=O)c1cccc[n+]1[O-])C1CC1. The predicted molar refractivity (Wildman–Crippen MR) is 84.5 cm³/mol. The summed E-state index contributed by atoms with van der Waals surface area (Å²) in [7, 11) is 0. The van der Waals surface area contributed by atoms with E-state index in [0.717, 1.165) is 25.0 Å². The van der Waals surface area contributed by atoms with E-state index in [1.165, 1.54) is 29.3 Å². The molecule has 2 aromatic rings. The van der Waals surface area contributed by atoms with Gasteiger partial charge >= 0.3 is 12.1 Å². The van der Waals surface area contributed by atoms with Gasteiger partial charge in [-0.05, 0) is 43.5 Å². The van der Waals surface area contributed by atoms with Crippen LogP contribution in [-0.4, -0.2) is 16.8 Å². The van der Waals surface area contributed by atoms with Gasteiger partial charge in [0.15, 0.2) is 6.20 Å². The predicted octanol–water partition coefficient (Wildman–Crippen LogP) is 3.70. The zero-order valence-electron chi connectivity index (χ0n) is 13.5. The molecule has 0 radical (unpaired) electrons. The molecule has 1 atom stereocenters. The van der Waals surface area contributed by atoms with E-state index < -0.39 is 23.7 Å². The zero-order chi connectivity index (χ0) is 18.2. The number of carbonyl (C=O) groups excluding carboxylic acids is 1. The Morgan fingerprint density at radius 3 is 2.56 bits per heavy atom. The van der Waals surface area contributed by atoms with Crippen molar-refractivity contribution in [3.05, 3.63) is 70.7 Å². The normalized spacial score (nSPS) is 15.7. The first-order chi connectivity index (χ1) is 11.8. The molecule has 4 nitrogen and oxygen atoms in total. The lowest BCUT2D eigenvalue weighted by Gasteiger charge is -2.29. The maximum Gasteiger partial charge on any atom is 0.416 e. The minimum atomic E-state index is -4.44. The summed E-state index contributed by atoms with van der Waals surface area (Å²) in [6.07, 6.45) is -1.66. The van der Waals surface area contributed by atoms with Crippen LogP contribution in [0.3, 0.4) is 0 Å². The van der Waals surface area contributed by atoms with Crippen LogP contribution >= 0.6 is 0 Å². The van der Waals surface area contributed by atoms with E-state index in [0.29, 0.717) is 10.3 Å². The van der Waals surface area contributed by atoms with E-state index in [2.05, 4.69) is 0 Å². The second-order valence-corrected chi connectivity index (χ2v) is 6.15. The number of pyridine rings is 1. The van der Waals surface area contributed by atoms with Crippen molar-refractivity contribution in [1.82, 2.24) is 4.90 Å². The number of carbonyl (C=O) groups is 1. The van der Waals surface area contributed by atoms with Gasteiger partial charge in [0.25, 0.3) is 5.69 Å². The highest BCUT2D eigenvalue weighted by Crippen LogP contribution is 2.37. The Bertz CT molecular complexity index is 788. The van der Waals surface area contributed by atoms with Gasteiger partial charge in [0.2, 0.25) is 0 Å². The van der Waals surface area contributed by atoms with Crippen LogP contribution in [0.15, 0.2) is 48.7 Å². The maximum atomic E-state index is 13.0. The highest BCUT2D eigenvalue weighted by Gasteiger charge is 2.40. The quantitative estimate of drug-likeness (QED) is 0.623. The van der Waals surface area contributed by atoms with Crippen LogP contribution < -0.4 is 4.73 Å². The number of alkyl halides is 3. The Kier molecular flexibility index (Phi) is 4.41. The van der Waals surface area contributed by atoms with Crippen molar-refractivity contribution in [1.29, 1.82) is 0 Å². The molecule has 1 aromatic carbocycles. The van der Waals surface area contributed by atoms with Gasteiger partial charge in [-0.25, -0.2) is 0 Å². The van der Waals surface area contributed by atoms with Gasteiger partial charge in [0.1, 0.15) is 0 Å². The molecular formula is C18H17F3N2O2. The summed E-state index contributed by atoms with van der Waals surface area (Å²) < 4.78 is 39.3. The van der Waals surface area contributed by atoms with Gasteiger partial charge in [0, 0.05) is 18.2 Å². The number of amides is 1. The number of hydrogen-bond donors (Lipinski definition) is 0. The van der Waals surface area contributed by atoms with Crippen LogP contribution in [0.2, 0.25) is 0 Å². The molecule has 0 spiro atoms. The Morgan fingerprint density at radius 1 is 1.24 bits per heavy atom. The number of hydrogen-bond acceptors (Lipinski definition) is 2. The van der Waals surface area contributed by atoms with E-state index in [9.17, 15) is 23.2 Å². The molecular weight excluding hydrogens is 333 g/mol. The van der Waals surface area contributed by atoms with Crippen molar-refractivity contribution in [2.75, 3.05) is 0 Å². The molecule has 0 bridgehead atoms. The van der Waals surface area contributed by atoms with Crippen LogP contribution in [0.25, 0.3) is 0 Å². The Balaban J connectivity index is 1.94. The summed E-state index contributed by atoms with van der Waals surface area (Å²) >= 11 is 0. The topological polar surface area (TPSA) is 47.2 Å². The molecule has 1 fully saturated rings. The van der Waals surface area contributed by atoms with Crippen molar-refractivity contribution < 1.29 is 22.7 Å². The summed E-state index contributed by atoms with van der Waals surface area (Å²) in [6, 6.07) is 8.86. The second kappa shape index (κ2) is 6.38. The van der Waals surface area contributed by atoms with Crippen molar-refractivity contribution in [3.63, 3.8) is 0 Å². The van der Waals surface area contributed by atoms with Crippen LogP contribution in [0, 0.1) is 5.21 Å². The number of nitrogens with zero attached hydrogens (tertiary/aromatic N) is 2. The minimum Gasteiger partial charge on any atom is -0.618 e. The molecule has 3 rings (SSSR count). The fourth-order valence-corrected chi connectivity index (χ4v) is 2.87. The van der Waals surface area contributed by atoms with Gasteiger partial charge in [-0.1, -0.05) is 12.1 Å². The monoisotopic (exact) mass is 350 g/mol. The first kappa shape index (κ1) is 17.3. The van der Waals surface area contributed by atoms with Gasteiger partial charge < -0.3 is 10.1 Å². The Labute approximate surface area is 143 Å². The van der Waals surface area contributed by atoms with E-state index in [1.54, 1.807) is 19.1 Å². The van der Waals surface area contributed by atoms with E-state index in [4.69, 9.17) is 0 Å². The fraction of sp³-hybridized carbons (Fsp3) is 0.333. The van der Waals surface area contributed by atoms with Gasteiger partial charge in [-0.15, -0.1) is 0 Å². The molecule has 132 valence electrons. The minimum absolute atomic E-state index is 0.0341. The number of benzene rings is 1. The molecule has 1 amide bonds. The zero-order valence-corrected chi connectivity index (χ0v) is 13.5. The van der Waals surface area contributed by atoms with Crippen LogP contribution in [0.1, 0.15) is 47.4 Å². The van der Waals surface area contributed by atoms with Gasteiger partial charge in [-0.3, -0.25) is 4.79 Å². The van der Waals surface area contributed by atoms with Crippen molar-refractivity contribution in [2.24, 2.45) is 0 Å². The fourth-order valence-electron chi connectivity index (χ4n) is 2.87. The summed E-state index contributed by atoms with van der Waals surface area (Å²) in [5, 5.41) is 11.9. The molecule has 0 aliphatic heterocycles. The van der Waals surface area contributed by atoms with Crippen LogP contribution in [0.4, 0.5) is 13.2 Å². The smallest absolute Gasteiger partial charge is 0.416 e. The van der Waals surface area contributed by atoms with Gasteiger partial charge in [0.05, 0.1) is 11.6 Å². The van der Waals surface area contributed by atoms with Crippen molar-refractivity contribution in [3.8, 4) is 0 Å². The largest absolute Gasteiger partial charge is 0.618 e. The van der Waals surface area contributed by atoms with Crippen molar-refractivity contribution in [2.45, 2.75) is 38.0 Å². The van der Waals surface area contributed by atoms with Crippen molar-refractivity contribution >= 4 is 5.91 Å². The standard InChI is InChI=1S/C18H17F3N2O2/c1-12(13-5-4-6-14(11-13)18(19,20)21)23(15-8-9-15)17(24)16-7-2-3-10-22(16)25/h2-7,10-12,15H,8-9H2,1H3. The number of halogens is 3. The molecule has 1 heterocycles. The lowest BCUT2D eigenvalue weighted by molar-refractivity contribution is -0.608. The molecule has 0 saturated heterocycles. The van der Waals surface area contributed by atoms with E-state index in [1.807, 2.05) is 0 Å². The summed E-state index contributed by atoms with van der Waals surface area (Å²) in [4.78, 5) is 14.3. The first-order valence-corrected chi connectivity index (χ1v) is 7.97. The molecule has 1 saturated carbocycles. The lowest BCUT2D eigenvalue weighted by Crippen LogP contribution is -2.43. The summed E-state index contributed by atoms with van der Waals surface area (Å²) in [5.74, 6) is -0.469. The van der Waals surface area contributed by atoms with E-state index in [-0.39, 0.29) is 11.7 Å². The Hall–Kier alpha value is -2.57. The molecule has 1 aromatic heterocycles. The Morgan fingerprint density at radius 2 is 1.96 bits per heavy atom. The maximum absolute atomic E-state index is 13.0. The molecule has 1 unspecified atom stereocenters. The average molecular weight is 350 g/mol. The highest BCUT2D eigenvalue weighted by atomic mass is 19.4. The third kappa shape index (κ3) is 3.60. The van der Waals surface area contributed by atoms with E-state index >= 15 is 0 Å². The molecule has 1 aliphatic rings. The molecule has 25 heavy (non-hydrogen) atoms. The van der Waals surface area contributed by atoms with Crippen LogP contribution in [-0.2, 0) is 6.18 Å². The number of aromatic nitrogens is 1. The molecule has 7 heteroatoms. The third-order valence-electron chi connectivity index (χ3n) is 4.33. The second-order valence-electron chi connectivity index (χ2n) is 6.15. The highest BCUT2D eigenvalue weighted by molar-refractivity contribution is 5.91. The van der Waals surface area contributed by atoms with Crippen LogP contribution in [0.5, 0.6) is 0 Å². The van der Waals surface area contributed by atoms with Gasteiger partial charge in [-0.2, -0.15) is 17.9 Å². The summed E-state index contributed by atoms with van der Waals surface area (Å²) in [6.45, 7) is 1.68. The molecule has 0 N–H and O–H groups in total. The third-order valence-corrected chi connectivity index (χ3v) is 4.33. The summed E-state index contributed by atoms with van der Waals surface area (Å²) in [5.41, 5.74) is -0.393. The number of rotatable bonds is 4. The molecule has 1 aliphatic carbocycles. The average Bonchev–Trinajstić information content (AvgIpc) is 3.39. The lowest BCUT2D eigenvalue weighted by atomic mass is 10.0. The first-order valence-electron chi connectivity index (χ1n) is 7.97.